The third kappa shape index (κ3) is 3.12. The molecule has 0 radical (unpaired) electrons. The van der Waals surface area contributed by atoms with E-state index in [0.717, 1.165) is 12.8 Å². The predicted molar refractivity (Wildman–Crippen MR) is 78.0 cm³/mol. The Hall–Kier alpha value is -1.14. The number of pyridine rings is 1. The van der Waals surface area contributed by atoms with Gasteiger partial charge in [0, 0.05) is 25.4 Å². The highest BCUT2D eigenvalue weighted by Gasteiger charge is 2.33. The number of nitrogens with zero attached hydrogens (tertiary/aromatic N) is 1. The molecule has 1 aromatic rings. The molecule has 1 aliphatic heterocycles. The molecule has 0 unspecified atom stereocenters. The number of hydrogen-bond acceptors (Lipinski definition) is 3. The average Bonchev–Trinajstić information content (AvgIpc) is 2.38. The lowest BCUT2D eigenvalue weighted by Crippen LogP contribution is -2.41. The summed E-state index contributed by atoms with van der Waals surface area (Å²) in [6.07, 6.45) is 3.03. The molecule has 5 nitrogen and oxygen atoms in total. The fourth-order valence-corrected chi connectivity index (χ4v) is 4.11. The molecule has 1 saturated heterocycles. The van der Waals surface area contributed by atoms with Gasteiger partial charge >= 0.3 is 0 Å². The highest BCUT2D eigenvalue weighted by molar-refractivity contribution is 7.89. The molecule has 2 rings (SSSR count). The number of hydrogen-bond donors (Lipinski definition) is 1. The van der Waals surface area contributed by atoms with Crippen molar-refractivity contribution >= 4 is 10.0 Å². The summed E-state index contributed by atoms with van der Waals surface area (Å²) in [5, 5.41) is 0. The number of nitrogens with one attached hydrogen (secondary N) is 1. The molecule has 6 heteroatoms. The van der Waals surface area contributed by atoms with E-state index < -0.39 is 10.0 Å². The third-order valence-corrected chi connectivity index (χ3v) is 5.97. The highest BCUT2D eigenvalue weighted by atomic mass is 32.2. The Balaban J connectivity index is 2.13. The van der Waals surface area contributed by atoms with Gasteiger partial charge in [-0.15, -0.1) is 0 Å². The summed E-state index contributed by atoms with van der Waals surface area (Å²) in [5.74, 6) is 0.546. The summed E-state index contributed by atoms with van der Waals surface area (Å²) >= 11 is 0. The van der Waals surface area contributed by atoms with Crippen LogP contribution in [0, 0.1) is 11.3 Å². The highest BCUT2D eigenvalue weighted by Crippen LogP contribution is 2.35. The molecule has 1 aromatic heterocycles. The number of H-pyrrole nitrogens is 1. The maximum atomic E-state index is 12.5. The van der Waals surface area contributed by atoms with E-state index in [9.17, 15) is 13.2 Å². The maximum absolute atomic E-state index is 12.5. The van der Waals surface area contributed by atoms with E-state index in [1.54, 1.807) is 0 Å². The van der Waals surface area contributed by atoms with E-state index in [4.69, 9.17) is 0 Å². The first kappa shape index (κ1) is 15.3. The Kier molecular flexibility index (Phi) is 4.07. The zero-order chi connectivity index (χ0) is 15.0. The van der Waals surface area contributed by atoms with Crippen molar-refractivity contribution in [2.45, 2.75) is 38.5 Å². The first-order valence-corrected chi connectivity index (χ1v) is 8.34. The van der Waals surface area contributed by atoms with Crippen LogP contribution in [0.3, 0.4) is 0 Å². The molecule has 0 amide bonds. The third-order valence-electron chi connectivity index (χ3n) is 4.07. The molecule has 2 heterocycles. The number of aromatic nitrogens is 1. The standard InChI is InChI=1S/C14H22N2O3S/c1-14(2,3)11-6-8-16(9-7-11)20(18,19)12-4-5-13(17)15-10-12/h4-5,10-11H,6-9H2,1-3H3,(H,15,17). The lowest BCUT2D eigenvalue weighted by molar-refractivity contribution is 0.154. The minimum absolute atomic E-state index is 0.159. The van der Waals surface area contributed by atoms with Crippen molar-refractivity contribution in [2.24, 2.45) is 11.3 Å². The number of aromatic amines is 1. The predicted octanol–water partition coefficient (Wildman–Crippen LogP) is 1.82. The Bertz CT molecular complexity index is 600. The van der Waals surface area contributed by atoms with Gasteiger partial charge in [-0.2, -0.15) is 4.31 Å². The molecule has 0 spiro atoms. The normalized spacial score (nSPS) is 19.1. The van der Waals surface area contributed by atoms with Crippen LogP contribution in [-0.4, -0.2) is 30.8 Å². The van der Waals surface area contributed by atoms with Gasteiger partial charge in [-0.1, -0.05) is 20.8 Å². The molecule has 0 atom stereocenters. The SMILES string of the molecule is CC(C)(C)C1CCN(S(=O)(=O)c2ccc(=O)[nH]c2)CC1. The topological polar surface area (TPSA) is 70.2 Å². The van der Waals surface area contributed by atoms with Gasteiger partial charge in [0.25, 0.3) is 0 Å². The zero-order valence-electron chi connectivity index (χ0n) is 12.2. The van der Waals surface area contributed by atoms with Crippen molar-refractivity contribution in [2.75, 3.05) is 13.1 Å². The molecule has 20 heavy (non-hydrogen) atoms. The van der Waals surface area contributed by atoms with Gasteiger partial charge in [0.1, 0.15) is 0 Å². The fourth-order valence-electron chi connectivity index (χ4n) is 2.67. The Morgan fingerprint density at radius 3 is 2.25 bits per heavy atom. The van der Waals surface area contributed by atoms with Crippen molar-refractivity contribution in [3.8, 4) is 0 Å². The number of rotatable bonds is 2. The van der Waals surface area contributed by atoms with Crippen LogP contribution in [0.15, 0.2) is 28.0 Å². The Labute approximate surface area is 120 Å². The largest absolute Gasteiger partial charge is 0.328 e. The van der Waals surface area contributed by atoms with Crippen LogP contribution in [0.2, 0.25) is 0 Å². The van der Waals surface area contributed by atoms with E-state index in [2.05, 4.69) is 25.8 Å². The minimum atomic E-state index is -3.48. The van der Waals surface area contributed by atoms with E-state index in [0.29, 0.717) is 19.0 Å². The summed E-state index contributed by atoms with van der Waals surface area (Å²) in [6.45, 7) is 7.68. The Morgan fingerprint density at radius 2 is 1.80 bits per heavy atom. The summed E-state index contributed by atoms with van der Waals surface area (Å²) in [7, 11) is -3.48. The second-order valence-electron chi connectivity index (χ2n) is 6.43. The molecular weight excluding hydrogens is 276 g/mol. The maximum Gasteiger partial charge on any atom is 0.247 e. The summed E-state index contributed by atoms with van der Waals surface area (Å²) in [4.78, 5) is 13.6. The van der Waals surface area contributed by atoms with Crippen LogP contribution in [0.5, 0.6) is 0 Å². The molecule has 0 aliphatic carbocycles. The van der Waals surface area contributed by atoms with E-state index in [1.807, 2.05) is 0 Å². The van der Waals surface area contributed by atoms with Crippen molar-refractivity contribution in [1.82, 2.24) is 9.29 Å². The average molecular weight is 298 g/mol. The fraction of sp³-hybridized carbons (Fsp3) is 0.643. The van der Waals surface area contributed by atoms with E-state index in [-0.39, 0.29) is 15.9 Å². The molecule has 0 aromatic carbocycles. The lowest BCUT2D eigenvalue weighted by Gasteiger charge is -2.38. The molecule has 1 N–H and O–H groups in total. The number of sulfonamides is 1. The van der Waals surface area contributed by atoms with Gasteiger partial charge in [0.15, 0.2) is 0 Å². The smallest absolute Gasteiger partial charge is 0.247 e. The van der Waals surface area contributed by atoms with Crippen molar-refractivity contribution in [3.63, 3.8) is 0 Å². The van der Waals surface area contributed by atoms with Gasteiger partial charge < -0.3 is 4.98 Å². The molecular formula is C14H22N2O3S. The minimum Gasteiger partial charge on any atom is -0.328 e. The van der Waals surface area contributed by atoms with Crippen LogP contribution < -0.4 is 5.56 Å². The summed E-state index contributed by atoms with van der Waals surface area (Å²) in [5.41, 5.74) is -0.0798. The van der Waals surface area contributed by atoms with Crippen molar-refractivity contribution in [3.05, 3.63) is 28.7 Å². The molecule has 1 fully saturated rings. The van der Waals surface area contributed by atoms with Gasteiger partial charge in [-0.05, 0) is 30.2 Å². The summed E-state index contributed by atoms with van der Waals surface area (Å²) < 4.78 is 26.4. The van der Waals surface area contributed by atoms with Gasteiger partial charge in [-0.3, -0.25) is 4.79 Å². The van der Waals surface area contributed by atoms with Crippen LogP contribution in [-0.2, 0) is 10.0 Å². The number of piperidine rings is 1. The van der Waals surface area contributed by atoms with Gasteiger partial charge in [0.2, 0.25) is 15.6 Å². The second kappa shape index (κ2) is 5.33. The van der Waals surface area contributed by atoms with E-state index >= 15 is 0 Å². The first-order chi connectivity index (χ1) is 9.21. The van der Waals surface area contributed by atoms with E-state index in [1.165, 1.54) is 22.6 Å². The van der Waals surface area contributed by atoms with Crippen molar-refractivity contribution in [1.29, 1.82) is 0 Å². The summed E-state index contributed by atoms with van der Waals surface area (Å²) in [6, 6.07) is 2.61. The second-order valence-corrected chi connectivity index (χ2v) is 8.37. The van der Waals surface area contributed by atoms with Crippen LogP contribution in [0.1, 0.15) is 33.6 Å². The van der Waals surface area contributed by atoms with Crippen LogP contribution in [0.4, 0.5) is 0 Å². The van der Waals surface area contributed by atoms with Gasteiger partial charge in [-0.25, -0.2) is 8.42 Å². The molecule has 1 aliphatic rings. The molecule has 0 bridgehead atoms. The molecule has 112 valence electrons. The monoisotopic (exact) mass is 298 g/mol. The lowest BCUT2D eigenvalue weighted by atomic mass is 9.76. The van der Waals surface area contributed by atoms with Crippen LogP contribution in [0.25, 0.3) is 0 Å². The first-order valence-electron chi connectivity index (χ1n) is 6.90. The molecule has 0 saturated carbocycles. The van der Waals surface area contributed by atoms with Gasteiger partial charge in [0.05, 0.1) is 4.90 Å². The van der Waals surface area contributed by atoms with Crippen LogP contribution >= 0.6 is 0 Å². The zero-order valence-corrected chi connectivity index (χ0v) is 13.0. The quantitative estimate of drug-likeness (QED) is 0.905. The Morgan fingerprint density at radius 1 is 1.20 bits per heavy atom. The van der Waals surface area contributed by atoms with Crippen molar-refractivity contribution < 1.29 is 8.42 Å².